The summed E-state index contributed by atoms with van der Waals surface area (Å²) in [6, 6.07) is 10.7. The van der Waals surface area contributed by atoms with Gasteiger partial charge in [0.25, 0.3) is 0 Å². The van der Waals surface area contributed by atoms with Crippen molar-refractivity contribution in [3.63, 3.8) is 0 Å². The Labute approximate surface area is 129 Å². The normalized spacial score (nSPS) is 10.8. The molecule has 20 heavy (non-hydrogen) atoms. The quantitative estimate of drug-likeness (QED) is 0.446. The van der Waals surface area contributed by atoms with Crippen molar-refractivity contribution in [3.05, 3.63) is 69.4 Å². The summed E-state index contributed by atoms with van der Waals surface area (Å²) in [4.78, 5) is 11.7. The maximum absolute atomic E-state index is 13.0. The highest BCUT2D eigenvalue weighted by Gasteiger charge is 2.05. The van der Waals surface area contributed by atoms with E-state index in [9.17, 15) is 9.18 Å². The molecule has 0 aliphatic rings. The zero-order valence-electron chi connectivity index (χ0n) is 10.1. The highest BCUT2D eigenvalue weighted by Crippen LogP contribution is 2.28. The maximum Gasteiger partial charge on any atom is 0.336 e. The summed E-state index contributed by atoms with van der Waals surface area (Å²) in [6.07, 6.45) is 2.71. The monoisotopic (exact) mass is 354 g/mol. The van der Waals surface area contributed by atoms with Gasteiger partial charge in [0.1, 0.15) is 11.6 Å². The summed E-state index contributed by atoms with van der Waals surface area (Å²) in [7, 11) is 0. The predicted molar refractivity (Wildman–Crippen MR) is 80.2 cm³/mol. The van der Waals surface area contributed by atoms with Gasteiger partial charge in [-0.1, -0.05) is 23.7 Å². The minimum Gasteiger partial charge on any atom is -0.422 e. The summed E-state index contributed by atoms with van der Waals surface area (Å²) >= 11 is 9.04. The smallest absolute Gasteiger partial charge is 0.336 e. The van der Waals surface area contributed by atoms with E-state index in [2.05, 4.69) is 15.9 Å². The SMILES string of the molecule is O=C(/C=C/c1cccc(F)c1)Oc1ccc(Cl)cc1Br. The fourth-order valence-corrected chi connectivity index (χ4v) is 2.24. The van der Waals surface area contributed by atoms with Gasteiger partial charge in [0.2, 0.25) is 0 Å². The summed E-state index contributed by atoms with van der Waals surface area (Å²) in [5.41, 5.74) is 0.581. The Kier molecular flexibility index (Phi) is 4.93. The first-order valence-electron chi connectivity index (χ1n) is 5.65. The third-order valence-corrected chi connectivity index (χ3v) is 3.22. The lowest BCUT2D eigenvalue weighted by Crippen LogP contribution is -2.04. The third-order valence-electron chi connectivity index (χ3n) is 2.37. The molecule has 0 atom stereocenters. The lowest BCUT2D eigenvalue weighted by atomic mass is 10.2. The molecule has 0 aromatic heterocycles. The number of rotatable bonds is 3. The van der Waals surface area contributed by atoms with Gasteiger partial charge in [0.15, 0.2) is 0 Å². The van der Waals surface area contributed by atoms with Gasteiger partial charge in [0.05, 0.1) is 4.47 Å². The summed E-state index contributed by atoms with van der Waals surface area (Å²) < 4.78 is 18.7. The van der Waals surface area contributed by atoms with Crippen molar-refractivity contribution in [2.45, 2.75) is 0 Å². The van der Waals surface area contributed by atoms with Crippen LogP contribution in [-0.4, -0.2) is 5.97 Å². The van der Waals surface area contributed by atoms with Crippen molar-refractivity contribution < 1.29 is 13.9 Å². The van der Waals surface area contributed by atoms with Crippen LogP contribution in [0.2, 0.25) is 5.02 Å². The van der Waals surface area contributed by atoms with E-state index in [1.54, 1.807) is 30.3 Å². The van der Waals surface area contributed by atoms with Crippen molar-refractivity contribution in [1.29, 1.82) is 0 Å². The molecule has 5 heteroatoms. The minimum atomic E-state index is -0.558. The van der Waals surface area contributed by atoms with Crippen molar-refractivity contribution >= 4 is 39.6 Å². The van der Waals surface area contributed by atoms with Crippen molar-refractivity contribution in [1.82, 2.24) is 0 Å². The minimum absolute atomic E-state index is 0.360. The molecule has 2 rings (SSSR count). The molecule has 0 heterocycles. The molecule has 2 aromatic carbocycles. The van der Waals surface area contributed by atoms with Crippen molar-refractivity contribution in [2.75, 3.05) is 0 Å². The summed E-state index contributed by atoms with van der Waals surface area (Å²) in [5, 5.41) is 0.534. The van der Waals surface area contributed by atoms with Gasteiger partial charge in [0, 0.05) is 11.1 Å². The molecule has 0 bridgehead atoms. The van der Waals surface area contributed by atoms with Crippen molar-refractivity contribution in [3.8, 4) is 5.75 Å². The van der Waals surface area contributed by atoms with E-state index < -0.39 is 5.97 Å². The first-order chi connectivity index (χ1) is 9.54. The Morgan fingerprint density at radius 3 is 2.75 bits per heavy atom. The highest BCUT2D eigenvalue weighted by atomic mass is 79.9. The average molecular weight is 356 g/mol. The van der Waals surface area contributed by atoms with Crippen molar-refractivity contribution in [2.24, 2.45) is 0 Å². The second-order valence-corrected chi connectivity index (χ2v) is 5.17. The molecule has 2 aromatic rings. The number of esters is 1. The van der Waals surface area contributed by atoms with Crippen LogP contribution >= 0.6 is 27.5 Å². The molecule has 0 saturated heterocycles. The van der Waals surface area contributed by atoms with E-state index in [1.165, 1.54) is 24.3 Å². The number of hydrogen-bond donors (Lipinski definition) is 0. The molecule has 0 N–H and O–H groups in total. The largest absolute Gasteiger partial charge is 0.422 e. The molecular formula is C15H9BrClFO2. The molecular weight excluding hydrogens is 347 g/mol. The summed E-state index contributed by atoms with van der Waals surface area (Å²) in [6.45, 7) is 0. The van der Waals surface area contributed by atoms with Gasteiger partial charge < -0.3 is 4.74 Å². The van der Waals surface area contributed by atoms with Crippen LogP contribution in [0.5, 0.6) is 5.75 Å². The molecule has 0 radical (unpaired) electrons. The maximum atomic E-state index is 13.0. The van der Waals surface area contributed by atoms with Gasteiger partial charge >= 0.3 is 5.97 Å². The number of carbonyl (C=O) groups is 1. The van der Waals surface area contributed by atoms with Gasteiger partial charge in [-0.3, -0.25) is 0 Å². The van der Waals surface area contributed by atoms with Crippen LogP contribution in [0, 0.1) is 5.82 Å². The van der Waals surface area contributed by atoms with Crippen LogP contribution in [0.3, 0.4) is 0 Å². The fraction of sp³-hybridized carbons (Fsp3) is 0. The Bertz CT molecular complexity index is 671. The second-order valence-electron chi connectivity index (χ2n) is 3.88. The number of halogens is 3. The zero-order chi connectivity index (χ0) is 14.5. The Hall–Kier alpha value is -1.65. The van der Waals surface area contributed by atoms with E-state index in [4.69, 9.17) is 16.3 Å². The molecule has 0 aliphatic heterocycles. The highest BCUT2D eigenvalue weighted by molar-refractivity contribution is 9.10. The zero-order valence-corrected chi connectivity index (χ0v) is 12.5. The van der Waals surface area contributed by atoms with Gasteiger partial charge in [-0.15, -0.1) is 0 Å². The van der Waals surface area contributed by atoms with Gasteiger partial charge in [-0.2, -0.15) is 0 Å². The molecule has 102 valence electrons. The molecule has 0 unspecified atom stereocenters. The topological polar surface area (TPSA) is 26.3 Å². The second kappa shape index (κ2) is 6.68. The lowest BCUT2D eigenvalue weighted by Gasteiger charge is -2.04. The fourth-order valence-electron chi connectivity index (χ4n) is 1.47. The van der Waals surface area contributed by atoms with E-state index in [-0.39, 0.29) is 5.82 Å². The van der Waals surface area contributed by atoms with Gasteiger partial charge in [-0.25, -0.2) is 9.18 Å². The first-order valence-corrected chi connectivity index (χ1v) is 6.82. The number of benzene rings is 2. The molecule has 0 spiro atoms. The van der Waals surface area contributed by atoms with Crippen LogP contribution in [0.25, 0.3) is 6.08 Å². The molecule has 2 nitrogen and oxygen atoms in total. The van der Waals surface area contributed by atoms with Crippen LogP contribution in [0.1, 0.15) is 5.56 Å². The molecule has 0 amide bonds. The molecule has 0 saturated carbocycles. The Morgan fingerprint density at radius 1 is 1.25 bits per heavy atom. The van der Waals surface area contributed by atoms with Crippen LogP contribution in [-0.2, 0) is 4.79 Å². The summed E-state index contributed by atoms with van der Waals surface area (Å²) in [5.74, 6) is -0.554. The average Bonchev–Trinajstić information content (AvgIpc) is 2.40. The van der Waals surface area contributed by atoms with Crippen LogP contribution in [0.15, 0.2) is 53.0 Å². The standard InChI is InChI=1S/C15H9BrClFO2/c16-13-9-11(17)5-6-14(13)20-15(19)7-4-10-2-1-3-12(18)8-10/h1-9H/b7-4+. The van der Waals surface area contributed by atoms with Gasteiger partial charge in [-0.05, 0) is 57.9 Å². The number of carbonyl (C=O) groups excluding carboxylic acids is 1. The van der Waals surface area contributed by atoms with E-state index in [1.807, 2.05) is 0 Å². The van der Waals surface area contributed by atoms with E-state index in [0.29, 0.717) is 20.8 Å². The Balaban J connectivity index is 2.05. The lowest BCUT2D eigenvalue weighted by molar-refractivity contribution is -0.128. The number of ether oxygens (including phenoxy) is 1. The van der Waals surface area contributed by atoms with Crippen LogP contribution in [0.4, 0.5) is 4.39 Å². The molecule has 0 aliphatic carbocycles. The third kappa shape index (κ3) is 4.18. The van der Waals surface area contributed by atoms with E-state index >= 15 is 0 Å². The number of hydrogen-bond acceptors (Lipinski definition) is 2. The predicted octanol–water partition coefficient (Wildman–Crippen LogP) is 4.86. The first kappa shape index (κ1) is 14.8. The van der Waals surface area contributed by atoms with Crippen LogP contribution < -0.4 is 4.74 Å². The molecule has 0 fully saturated rings. The Morgan fingerprint density at radius 2 is 2.05 bits per heavy atom. The van der Waals surface area contributed by atoms with E-state index in [0.717, 1.165) is 0 Å².